The third-order valence-electron chi connectivity index (χ3n) is 16.5. The van der Waals surface area contributed by atoms with Crippen molar-refractivity contribution in [3.63, 3.8) is 0 Å². The monoisotopic (exact) mass is 1420 g/mol. The van der Waals surface area contributed by atoms with E-state index in [1.165, 1.54) is 13.1 Å². The standard InChI is InChI=1S/C69H84N16O16S/c1-36(2)60(52(87)29-41-15-23-48-44(28-41)27-37(3)75-48)80-57(90)34-101-47-21-18-42(19-22-47)38(4)83-84-56(89)24-26-85-58(91)32-53(67(85)98)102-35-45(68(99)100)30-51(86)50(31-59(92)93)79-65(96)49(9-6-7-10-54(70)71)78-63(94)39(5)76-55(88)11-8-25-73-64(95)43-16-12-40(13-17-43)14-20-46-33-74-62-61(77-46)66(97)82-69(72)81-62/h12-13,15-19,21-23,27-28,33,36,39,45,49-50,53,60,75H,6-11,14,20,24-26,29-32,34-35H2,1-5H3,(H3,70,71)(H,73,95)(H,76,88)(H,78,94)(H,79,96)(H,80,90)(H,84,89)(H,92,93)(H,99,100)(H3,72,74,81,82,97)/t39-,45?,49+,50+,53?,60-/m0/s1. The fourth-order valence-electron chi connectivity index (χ4n) is 10.9. The van der Waals surface area contributed by atoms with Gasteiger partial charge in [0, 0.05) is 74.1 Å². The number of nitrogens with zero attached hydrogens (tertiary/aromatic N) is 5. The number of aromatic nitrogens is 5. The molecule has 32 nitrogen and oxygen atoms in total. The lowest BCUT2D eigenvalue weighted by atomic mass is 9.95. The van der Waals surface area contributed by atoms with Crippen LogP contribution >= 0.6 is 11.8 Å². The third-order valence-corrected chi connectivity index (χ3v) is 17.9. The molecule has 1 aliphatic heterocycles. The number of carbonyl (C=O) groups is 12. The number of rotatable bonds is 40. The van der Waals surface area contributed by atoms with Crippen molar-refractivity contribution in [3.8, 4) is 5.75 Å². The Bertz CT molecular complexity index is 4220. The average molecular weight is 1430 g/mol. The Labute approximate surface area is 589 Å². The summed E-state index contributed by atoms with van der Waals surface area (Å²) in [6.45, 7) is 8.00. The largest absolute Gasteiger partial charge is 0.484 e. The fourth-order valence-corrected chi connectivity index (χ4v) is 12.2. The van der Waals surface area contributed by atoms with Crippen LogP contribution in [0.2, 0.25) is 0 Å². The van der Waals surface area contributed by atoms with E-state index in [0.717, 1.165) is 44.4 Å². The van der Waals surface area contributed by atoms with E-state index in [1.807, 2.05) is 45.0 Å². The highest BCUT2D eigenvalue weighted by molar-refractivity contribution is 8.00. The maximum Gasteiger partial charge on any atom is 0.307 e. The quantitative estimate of drug-likeness (QED) is 0.00864. The van der Waals surface area contributed by atoms with Crippen molar-refractivity contribution < 1.29 is 72.5 Å². The molecule has 33 heteroatoms. The molecule has 0 saturated carbocycles. The molecular weight excluding hydrogens is 1340 g/mol. The number of imide groups is 1. The smallest absolute Gasteiger partial charge is 0.307 e. The van der Waals surface area contributed by atoms with Gasteiger partial charge in [-0.3, -0.25) is 77.6 Å². The molecule has 6 atom stereocenters. The second-order valence-corrected chi connectivity index (χ2v) is 26.3. The Kier molecular flexibility index (Phi) is 28.5. The van der Waals surface area contributed by atoms with Gasteiger partial charge in [0.2, 0.25) is 41.4 Å². The van der Waals surface area contributed by atoms with Crippen molar-refractivity contribution in [1.29, 1.82) is 5.41 Å². The lowest BCUT2D eigenvalue weighted by Crippen LogP contribution is -2.55. The summed E-state index contributed by atoms with van der Waals surface area (Å²) in [5.41, 5.74) is 18.7. The third kappa shape index (κ3) is 23.7. The number of likely N-dealkylation sites (tertiary alicyclic amines) is 1. The lowest BCUT2D eigenvalue weighted by Gasteiger charge is -2.24. The molecule has 4 heterocycles. The van der Waals surface area contributed by atoms with Gasteiger partial charge in [0.1, 0.15) is 17.8 Å². The highest BCUT2D eigenvalue weighted by Crippen LogP contribution is 2.29. The topological polar surface area (TPSA) is 506 Å². The van der Waals surface area contributed by atoms with E-state index < -0.39 is 124 Å². The number of hydrazone groups is 1. The number of nitrogens with one attached hydrogen (secondary N) is 9. The van der Waals surface area contributed by atoms with Gasteiger partial charge in [0.25, 0.3) is 17.4 Å². The number of ketones is 2. The molecule has 1 saturated heterocycles. The SMILES string of the molecule is CC(=NNC(=O)CCN1C(=O)CC(SCC(CC(=O)[C@@H](CC(=O)O)NC(=O)[C@@H](CCCCC(=N)N)NC(=O)[C@H](C)NC(=O)CCCNC(=O)c2ccc(CCc3cnc4nc(N)[nH]c(=O)c4n3)cc2)C(=O)O)C1=O)c1ccc(OCC(=O)N[C@H](C(=O)Cc2ccc3[nH]c(C)cc3c2)C(C)C)cc1. The van der Waals surface area contributed by atoms with Crippen molar-refractivity contribution in [2.75, 3.05) is 31.2 Å². The molecule has 6 aromatic rings. The molecule has 3 aromatic heterocycles. The molecule has 3 aromatic carbocycles. The zero-order valence-corrected chi connectivity index (χ0v) is 57.8. The van der Waals surface area contributed by atoms with Crippen molar-refractivity contribution >= 4 is 122 Å². The minimum atomic E-state index is -1.81. The number of ether oxygens (including phenoxy) is 1. The van der Waals surface area contributed by atoms with Crippen LogP contribution in [0.1, 0.15) is 130 Å². The highest BCUT2D eigenvalue weighted by atomic mass is 32.2. The normalized spacial score (nSPS) is 14.5. The van der Waals surface area contributed by atoms with Crippen LogP contribution in [-0.2, 0) is 72.0 Å². The molecule has 0 radical (unpaired) electrons. The van der Waals surface area contributed by atoms with E-state index in [9.17, 15) is 72.5 Å². The first-order valence-corrected chi connectivity index (χ1v) is 34.1. The fraction of sp³-hybridized carbons (Fsp3) is 0.420. The second kappa shape index (κ2) is 37.3. The molecule has 15 N–H and O–H groups in total. The van der Waals surface area contributed by atoms with Crippen LogP contribution < -0.4 is 53.8 Å². The zero-order valence-electron chi connectivity index (χ0n) is 57.0. The number of amidine groups is 1. The van der Waals surface area contributed by atoms with Gasteiger partial charge in [0.15, 0.2) is 29.3 Å². The molecule has 7 rings (SSSR count). The molecule has 0 aliphatic carbocycles. The van der Waals surface area contributed by atoms with Gasteiger partial charge < -0.3 is 58.0 Å². The number of aromatic amines is 2. The Balaban J connectivity index is 0.819. The number of aryl methyl sites for hydroxylation is 3. The van der Waals surface area contributed by atoms with Gasteiger partial charge in [-0.15, -0.1) is 11.8 Å². The molecule has 8 amide bonds. The Morgan fingerprint density at radius 1 is 0.775 bits per heavy atom. The maximum absolute atomic E-state index is 13.9. The predicted molar refractivity (Wildman–Crippen MR) is 376 cm³/mol. The van der Waals surface area contributed by atoms with E-state index in [4.69, 9.17) is 21.6 Å². The van der Waals surface area contributed by atoms with Crippen molar-refractivity contribution in [1.82, 2.24) is 61.8 Å². The number of hydrogen-bond acceptors (Lipinski definition) is 21. The highest BCUT2D eigenvalue weighted by Gasteiger charge is 2.40. The molecular formula is C69H84N16O16S. The van der Waals surface area contributed by atoms with E-state index in [0.29, 0.717) is 47.5 Å². The van der Waals surface area contributed by atoms with E-state index >= 15 is 0 Å². The number of thioether (sulfide) groups is 1. The van der Waals surface area contributed by atoms with Crippen LogP contribution in [0.15, 0.2) is 88.9 Å². The molecule has 542 valence electrons. The summed E-state index contributed by atoms with van der Waals surface area (Å²) in [5, 5.41) is 44.5. The molecule has 2 unspecified atom stereocenters. The van der Waals surface area contributed by atoms with Crippen LogP contribution in [0, 0.1) is 24.2 Å². The summed E-state index contributed by atoms with van der Waals surface area (Å²) < 4.78 is 5.69. The number of unbranched alkanes of at least 4 members (excludes halogenated alkanes) is 1. The number of aliphatic carboxylic acids is 2. The second-order valence-electron chi connectivity index (χ2n) is 25.0. The summed E-state index contributed by atoms with van der Waals surface area (Å²) in [6.07, 6.45) is 0.680. The minimum absolute atomic E-state index is 0.0648. The number of carboxylic acid groups (broad SMARTS) is 2. The van der Waals surface area contributed by atoms with E-state index in [2.05, 4.69) is 62.0 Å². The van der Waals surface area contributed by atoms with Gasteiger partial charge in [-0.25, -0.2) is 15.4 Å². The van der Waals surface area contributed by atoms with Gasteiger partial charge >= 0.3 is 11.9 Å². The van der Waals surface area contributed by atoms with Crippen molar-refractivity contribution in [2.45, 2.75) is 148 Å². The van der Waals surface area contributed by atoms with Gasteiger partial charge in [0.05, 0.1) is 53.1 Å². The maximum atomic E-state index is 13.9. The first-order valence-electron chi connectivity index (χ1n) is 33.0. The number of nitrogens with two attached hydrogens (primary N) is 2. The van der Waals surface area contributed by atoms with E-state index in [1.54, 1.807) is 55.5 Å². The summed E-state index contributed by atoms with van der Waals surface area (Å²) in [4.78, 5) is 189. The molecule has 102 heavy (non-hydrogen) atoms. The molecule has 0 spiro atoms. The number of fused-ring (bicyclic) bond motifs is 2. The number of anilines is 1. The lowest BCUT2D eigenvalue weighted by molar-refractivity contribution is -0.144. The summed E-state index contributed by atoms with van der Waals surface area (Å²) in [6, 6.07) is 15.8. The number of Topliss-reactive ketones (excluding diaryl/α,β-unsaturated/α-hetero) is 2. The number of benzene rings is 3. The molecule has 0 bridgehead atoms. The van der Waals surface area contributed by atoms with Gasteiger partial charge in [-0.2, -0.15) is 10.1 Å². The molecule has 1 aliphatic rings. The van der Waals surface area contributed by atoms with Crippen LogP contribution in [-0.4, -0.2) is 177 Å². The molecule has 1 fully saturated rings. The average Bonchev–Trinajstić information content (AvgIpc) is 1.41. The van der Waals surface area contributed by atoms with E-state index in [-0.39, 0.29) is 106 Å². The Hall–Kier alpha value is -11.3. The Morgan fingerprint density at radius 2 is 1.48 bits per heavy atom. The summed E-state index contributed by atoms with van der Waals surface area (Å²) in [7, 11) is 0. The van der Waals surface area contributed by atoms with Crippen LogP contribution in [0.3, 0.4) is 0 Å². The number of nitrogen functional groups attached to an aromatic ring is 1. The summed E-state index contributed by atoms with van der Waals surface area (Å²) >= 11 is 0.769. The van der Waals surface area contributed by atoms with Crippen molar-refractivity contribution in [3.05, 3.63) is 123 Å². The number of amides is 8. The van der Waals surface area contributed by atoms with Crippen molar-refractivity contribution in [2.24, 2.45) is 22.7 Å². The summed E-state index contributed by atoms with van der Waals surface area (Å²) in [5.74, 6) is -11.5. The van der Waals surface area contributed by atoms with Gasteiger partial charge in [-0.05, 0) is 135 Å². The van der Waals surface area contributed by atoms with Crippen LogP contribution in [0.25, 0.3) is 22.1 Å². The first kappa shape index (κ1) is 78.1. The first-order chi connectivity index (χ1) is 48.5. The van der Waals surface area contributed by atoms with Crippen LogP contribution in [0.5, 0.6) is 5.75 Å². The number of carboxylic acids is 2. The minimum Gasteiger partial charge on any atom is -0.484 e. The number of H-pyrrole nitrogens is 2. The Morgan fingerprint density at radius 3 is 2.18 bits per heavy atom. The number of hydrogen-bond donors (Lipinski definition) is 13. The van der Waals surface area contributed by atoms with Crippen LogP contribution in [0.4, 0.5) is 5.95 Å². The zero-order chi connectivity index (χ0) is 74.3. The number of carbonyl (C=O) groups excluding carboxylic acids is 10. The predicted octanol–water partition coefficient (Wildman–Crippen LogP) is 2.61. The van der Waals surface area contributed by atoms with Gasteiger partial charge in [-0.1, -0.05) is 38.5 Å².